The average molecular weight is 659 g/mol. The average Bonchev–Trinajstić information content (AvgIpc) is 3.18. The van der Waals surface area contributed by atoms with Gasteiger partial charge in [-0.25, -0.2) is 0 Å². The smallest absolute Gasteiger partial charge is 0.294 e. The maximum Gasteiger partial charge on any atom is 0.294 e. The summed E-state index contributed by atoms with van der Waals surface area (Å²) < 4.78 is 18.3. The SMILES string of the molecule is CCOc1ccc(NC(=O)CN2C(=O)S/C(=C/c3ccc(OCc4ccc(I)cc4)c(OCC)c3)C2=O)cc1. The number of carbonyl (C=O) groups excluding carboxylic acids is 3. The van der Waals surface area contributed by atoms with E-state index in [0.717, 1.165) is 25.8 Å². The minimum Gasteiger partial charge on any atom is -0.494 e. The summed E-state index contributed by atoms with van der Waals surface area (Å²) in [5.74, 6) is 0.793. The minimum absolute atomic E-state index is 0.226. The Bertz CT molecular complexity index is 1380. The third kappa shape index (κ3) is 7.76. The van der Waals surface area contributed by atoms with Crippen molar-refractivity contribution >= 4 is 63.2 Å². The number of hydrogen-bond acceptors (Lipinski definition) is 7. The molecular formula is C29H27IN2O6S. The second-order valence-corrected chi connectivity index (χ2v) is 10.6. The summed E-state index contributed by atoms with van der Waals surface area (Å²) in [6.07, 6.45) is 1.61. The van der Waals surface area contributed by atoms with Crippen molar-refractivity contribution in [2.75, 3.05) is 25.1 Å². The van der Waals surface area contributed by atoms with Gasteiger partial charge < -0.3 is 19.5 Å². The number of nitrogens with zero attached hydrogens (tertiary/aromatic N) is 1. The van der Waals surface area contributed by atoms with Gasteiger partial charge in [-0.05, 0) is 114 Å². The number of nitrogens with one attached hydrogen (secondary N) is 1. The molecule has 1 fully saturated rings. The Kier molecular flexibility index (Phi) is 9.88. The van der Waals surface area contributed by atoms with Crippen LogP contribution in [0.25, 0.3) is 6.08 Å². The van der Waals surface area contributed by atoms with Crippen molar-refractivity contribution < 1.29 is 28.6 Å². The number of hydrogen-bond donors (Lipinski definition) is 1. The Morgan fingerprint density at radius 2 is 1.64 bits per heavy atom. The molecule has 0 saturated carbocycles. The highest BCUT2D eigenvalue weighted by Crippen LogP contribution is 2.35. The van der Waals surface area contributed by atoms with E-state index in [9.17, 15) is 14.4 Å². The molecule has 3 aromatic rings. The van der Waals surface area contributed by atoms with Gasteiger partial charge in [0, 0.05) is 9.26 Å². The van der Waals surface area contributed by atoms with Gasteiger partial charge in [0.25, 0.3) is 11.1 Å². The fraction of sp³-hybridized carbons (Fsp3) is 0.207. The van der Waals surface area contributed by atoms with Crippen LogP contribution in [0.1, 0.15) is 25.0 Å². The van der Waals surface area contributed by atoms with Gasteiger partial charge >= 0.3 is 0 Å². The zero-order valence-corrected chi connectivity index (χ0v) is 24.4. The number of thioether (sulfide) groups is 1. The van der Waals surface area contributed by atoms with Crippen molar-refractivity contribution in [3.8, 4) is 17.2 Å². The maximum atomic E-state index is 12.9. The Morgan fingerprint density at radius 1 is 0.923 bits per heavy atom. The molecular weight excluding hydrogens is 631 g/mol. The number of rotatable bonds is 11. The molecule has 39 heavy (non-hydrogen) atoms. The lowest BCUT2D eigenvalue weighted by Gasteiger charge is -2.13. The number of benzene rings is 3. The molecule has 0 atom stereocenters. The van der Waals surface area contributed by atoms with Gasteiger partial charge in [-0.1, -0.05) is 18.2 Å². The highest BCUT2D eigenvalue weighted by molar-refractivity contribution is 14.1. The van der Waals surface area contributed by atoms with E-state index in [0.29, 0.717) is 48.3 Å². The van der Waals surface area contributed by atoms with Crippen LogP contribution in [0.4, 0.5) is 10.5 Å². The predicted octanol–water partition coefficient (Wildman–Crippen LogP) is 6.34. The number of ether oxygens (including phenoxy) is 3. The monoisotopic (exact) mass is 658 g/mol. The zero-order chi connectivity index (χ0) is 27.8. The topological polar surface area (TPSA) is 94.2 Å². The largest absolute Gasteiger partial charge is 0.494 e. The van der Waals surface area contributed by atoms with Gasteiger partial charge in [-0.3, -0.25) is 19.3 Å². The highest BCUT2D eigenvalue weighted by Gasteiger charge is 2.36. The Balaban J connectivity index is 1.41. The van der Waals surface area contributed by atoms with Gasteiger partial charge in [0.15, 0.2) is 11.5 Å². The van der Waals surface area contributed by atoms with Gasteiger partial charge in [0.1, 0.15) is 18.9 Å². The first kappa shape index (κ1) is 28.5. The van der Waals surface area contributed by atoms with Crippen LogP contribution in [0.2, 0.25) is 0 Å². The van der Waals surface area contributed by atoms with Crippen molar-refractivity contribution in [2.24, 2.45) is 0 Å². The summed E-state index contributed by atoms with van der Waals surface area (Å²) >= 11 is 3.05. The number of anilines is 1. The molecule has 0 bridgehead atoms. The van der Waals surface area contributed by atoms with Crippen LogP contribution in [0.15, 0.2) is 71.6 Å². The van der Waals surface area contributed by atoms with Crippen LogP contribution in [-0.2, 0) is 16.2 Å². The summed E-state index contributed by atoms with van der Waals surface area (Å²) in [5.41, 5.74) is 2.24. The van der Waals surface area contributed by atoms with Crippen molar-refractivity contribution in [2.45, 2.75) is 20.5 Å². The molecule has 0 aliphatic carbocycles. The summed E-state index contributed by atoms with van der Waals surface area (Å²) in [7, 11) is 0. The Labute approximate surface area is 244 Å². The molecule has 8 nitrogen and oxygen atoms in total. The van der Waals surface area contributed by atoms with E-state index in [2.05, 4.69) is 27.9 Å². The molecule has 4 rings (SSSR count). The molecule has 3 aromatic carbocycles. The number of amides is 3. The van der Waals surface area contributed by atoms with E-state index in [1.54, 1.807) is 48.5 Å². The molecule has 1 heterocycles. The molecule has 1 saturated heterocycles. The second kappa shape index (κ2) is 13.5. The van der Waals surface area contributed by atoms with Crippen LogP contribution in [0.3, 0.4) is 0 Å². The first-order valence-corrected chi connectivity index (χ1v) is 14.2. The summed E-state index contributed by atoms with van der Waals surface area (Å²) in [6.45, 7) is 4.73. The van der Waals surface area contributed by atoms with Crippen molar-refractivity contribution in [3.63, 3.8) is 0 Å². The maximum absolute atomic E-state index is 12.9. The molecule has 0 aromatic heterocycles. The van der Waals surface area contributed by atoms with Crippen LogP contribution < -0.4 is 19.5 Å². The van der Waals surface area contributed by atoms with Gasteiger partial charge in [-0.15, -0.1) is 0 Å². The number of imide groups is 1. The molecule has 202 valence electrons. The Morgan fingerprint density at radius 3 is 2.33 bits per heavy atom. The van der Waals surface area contributed by atoms with Crippen molar-refractivity contribution in [3.05, 3.63) is 86.3 Å². The molecule has 10 heteroatoms. The lowest BCUT2D eigenvalue weighted by Crippen LogP contribution is -2.36. The fourth-order valence-corrected chi connectivity index (χ4v) is 4.87. The number of halogens is 1. The molecule has 1 aliphatic rings. The normalized spacial score (nSPS) is 14.0. The van der Waals surface area contributed by atoms with E-state index in [1.165, 1.54) is 0 Å². The molecule has 0 spiro atoms. The first-order chi connectivity index (χ1) is 18.9. The zero-order valence-electron chi connectivity index (χ0n) is 21.4. The predicted molar refractivity (Wildman–Crippen MR) is 160 cm³/mol. The van der Waals surface area contributed by atoms with E-state index in [1.807, 2.05) is 38.1 Å². The van der Waals surface area contributed by atoms with E-state index in [-0.39, 0.29) is 11.4 Å². The van der Waals surface area contributed by atoms with Crippen molar-refractivity contribution in [1.29, 1.82) is 0 Å². The quantitative estimate of drug-likeness (QED) is 0.190. The van der Waals surface area contributed by atoms with Gasteiger partial charge in [-0.2, -0.15) is 0 Å². The Hall–Kier alpha value is -3.51. The standard InChI is InChI=1S/C29H27IN2O6S/c1-3-36-23-12-10-22(11-13-23)31-27(33)17-32-28(34)26(39-29(32)35)16-20-7-14-24(25(15-20)37-4-2)38-18-19-5-8-21(30)9-6-19/h5-16H,3-4,17-18H2,1-2H3,(H,31,33)/b26-16+. The summed E-state index contributed by atoms with van der Waals surface area (Å²) in [4.78, 5) is 39.2. The van der Waals surface area contributed by atoms with Crippen LogP contribution in [0, 0.1) is 3.57 Å². The van der Waals surface area contributed by atoms with Gasteiger partial charge in [0.2, 0.25) is 5.91 Å². The van der Waals surface area contributed by atoms with Crippen molar-refractivity contribution in [1.82, 2.24) is 4.90 Å². The van der Waals surface area contributed by atoms with E-state index in [4.69, 9.17) is 14.2 Å². The molecule has 1 N–H and O–H groups in total. The molecule has 0 unspecified atom stereocenters. The summed E-state index contributed by atoms with van der Waals surface area (Å²) in [6, 6.07) is 20.2. The minimum atomic E-state index is -0.524. The van der Waals surface area contributed by atoms with E-state index >= 15 is 0 Å². The fourth-order valence-electron chi connectivity index (χ4n) is 3.68. The molecule has 0 radical (unpaired) electrons. The third-order valence-electron chi connectivity index (χ3n) is 5.50. The molecule has 1 aliphatic heterocycles. The summed E-state index contributed by atoms with van der Waals surface area (Å²) in [5, 5.41) is 2.19. The third-order valence-corrected chi connectivity index (χ3v) is 7.12. The molecule has 3 amide bonds. The van der Waals surface area contributed by atoms with Crippen LogP contribution in [-0.4, -0.2) is 41.7 Å². The highest BCUT2D eigenvalue weighted by atomic mass is 127. The van der Waals surface area contributed by atoms with Crippen LogP contribution in [0.5, 0.6) is 17.2 Å². The lowest BCUT2D eigenvalue weighted by atomic mass is 10.1. The lowest BCUT2D eigenvalue weighted by molar-refractivity contribution is -0.127. The van der Waals surface area contributed by atoms with E-state index < -0.39 is 17.1 Å². The first-order valence-electron chi connectivity index (χ1n) is 12.3. The van der Waals surface area contributed by atoms with Gasteiger partial charge in [0.05, 0.1) is 18.1 Å². The van der Waals surface area contributed by atoms with Crippen LogP contribution >= 0.6 is 34.4 Å². The number of carbonyl (C=O) groups is 3. The second-order valence-electron chi connectivity index (χ2n) is 8.33.